The van der Waals surface area contributed by atoms with Crippen molar-refractivity contribution in [2.75, 3.05) is 18.9 Å². The smallest absolute Gasteiger partial charge is 0.337 e. The number of aromatic nitrogens is 1. The van der Waals surface area contributed by atoms with Crippen molar-refractivity contribution in [2.24, 2.45) is 0 Å². The van der Waals surface area contributed by atoms with E-state index in [0.717, 1.165) is 10.6 Å². The van der Waals surface area contributed by atoms with Gasteiger partial charge in [-0.3, -0.25) is 0 Å². The molecule has 7 heteroatoms. The number of carboxylic acids is 1. The fourth-order valence-electron chi connectivity index (χ4n) is 2.62. The Morgan fingerprint density at radius 1 is 1.07 bits per heavy atom. The van der Waals surface area contributed by atoms with Crippen molar-refractivity contribution in [2.45, 2.75) is 13.8 Å². The van der Waals surface area contributed by atoms with Gasteiger partial charge in [-0.1, -0.05) is 6.07 Å². The zero-order chi connectivity index (χ0) is 19.4. The van der Waals surface area contributed by atoms with Crippen molar-refractivity contribution in [1.82, 2.24) is 4.98 Å². The molecule has 6 nitrogen and oxygen atoms in total. The summed E-state index contributed by atoms with van der Waals surface area (Å²) in [4.78, 5) is 15.9. The lowest BCUT2D eigenvalue weighted by Gasteiger charge is -2.11. The summed E-state index contributed by atoms with van der Waals surface area (Å²) in [7, 11) is 0. The van der Waals surface area contributed by atoms with Gasteiger partial charge < -0.3 is 20.3 Å². The van der Waals surface area contributed by atoms with Crippen LogP contribution in [0.25, 0.3) is 21.8 Å². The van der Waals surface area contributed by atoms with E-state index in [2.05, 4.69) is 4.98 Å². The third-order valence-electron chi connectivity index (χ3n) is 3.87. The van der Waals surface area contributed by atoms with Crippen LogP contribution in [0.4, 0.5) is 5.69 Å². The maximum atomic E-state index is 11.3. The van der Waals surface area contributed by atoms with E-state index in [1.165, 1.54) is 11.3 Å². The van der Waals surface area contributed by atoms with Crippen LogP contribution in [0.5, 0.6) is 11.5 Å². The quantitative estimate of drug-likeness (QED) is 0.580. The maximum Gasteiger partial charge on any atom is 0.337 e. The first kappa shape index (κ1) is 18.7. The van der Waals surface area contributed by atoms with Crippen molar-refractivity contribution in [3.05, 3.63) is 47.3 Å². The molecular formula is C20H20N2O4S. The first-order valence-corrected chi connectivity index (χ1v) is 9.40. The van der Waals surface area contributed by atoms with Crippen molar-refractivity contribution < 1.29 is 19.4 Å². The number of benzene rings is 2. The number of hydrogen-bond donors (Lipinski definition) is 2. The highest BCUT2D eigenvalue weighted by atomic mass is 32.1. The van der Waals surface area contributed by atoms with Crippen LogP contribution in [-0.4, -0.2) is 29.3 Å². The number of nitrogen functional groups attached to an aromatic ring is 1. The standard InChI is InChI=1S/C20H20N2O4S/c1-3-25-17-8-6-13(10-18(17)26-4-2)19-22-16(11-27-19)12-5-7-15(21)14(9-12)20(23)24/h5-11H,3-4,21H2,1-2H3,(H,23,24). The van der Waals surface area contributed by atoms with E-state index in [1.54, 1.807) is 18.2 Å². The van der Waals surface area contributed by atoms with Crippen LogP contribution in [0.1, 0.15) is 24.2 Å². The second-order valence-corrected chi connectivity index (χ2v) is 6.53. The molecule has 0 saturated heterocycles. The number of nitrogens with two attached hydrogens (primary N) is 1. The summed E-state index contributed by atoms with van der Waals surface area (Å²) in [5.74, 6) is 0.316. The fourth-order valence-corrected chi connectivity index (χ4v) is 3.45. The van der Waals surface area contributed by atoms with Gasteiger partial charge in [0.25, 0.3) is 0 Å². The fraction of sp³-hybridized carbons (Fsp3) is 0.200. The van der Waals surface area contributed by atoms with Gasteiger partial charge in [-0.25, -0.2) is 9.78 Å². The molecule has 0 spiro atoms. The minimum Gasteiger partial charge on any atom is -0.490 e. The predicted molar refractivity (Wildman–Crippen MR) is 107 cm³/mol. The van der Waals surface area contributed by atoms with Crippen molar-refractivity contribution >= 4 is 23.0 Å². The maximum absolute atomic E-state index is 11.3. The Morgan fingerprint density at radius 3 is 2.48 bits per heavy atom. The largest absolute Gasteiger partial charge is 0.490 e. The van der Waals surface area contributed by atoms with Gasteiger partial charge in [0.05, 0.1) is 24.5 Å². The van der Waals surface area contributed by atoms with E-state index in [-0.39, 0.29) is 11.3 Å². The van der Waals surface area contributed by atoms with E-state index in [0.29, 0.717) is 36.0 Å². The number of ether oxygens (including phenoxy) is 2. The first-order valence-electron chi connectivity index (χ1n) is 8.52. The number of aromatic carboxylic acids is 1. The topological polar surface area (TPSA) is 94.7 Å². The van der Waals surface area contributed by atoms with Crippen molar-refractivity contribution in [3.63, 3.8) is 0 Å². The zero-order valence-corrected chi connectivity index (χ0v) is 15.9. The number of rotatable bonds is 7. The number of thiazole rings is 1. The van der Waals surface area contributed by atoms with Gasteiger partial charge in [0.2, 0.25) is 0 Å². The van der Waals surface area contributed by atoms with E-state index >= 15 is 0 Å². The van der Waals surface area contributed by atoms with Crippen molar-refractivity contribution in [3.8, 4) is 33.3 Å². The lowest BCUT2D eigenvalue weighted by atomic mass is 10.1. The van der Waals surface area contributed by atoms with Crippen LogP contribution in [0.15, 0.2) is 41.8 Å². The normalized spacial score (nSPS) is 10.6. The number of nitrogens with zero attached hydrogens (tertiary/aromatic N) is 1. The Labute approximate surface area is 161 Å². The van der Waals surface area contributed by atoms with Crippen LogP contribution in [0, 0.1) is 0 Å². The molecule has 0 unspecified atom stereocenters. The molecule has 1 aromatic heterocycles. The molecule has 27 heavy (non-hydrogen) atoms. The molecule has 0 saturated carbocycles. The van der Waals surface area contributed by atoms with Crippen molar-refractivity contribution in [1.29, 1.82) is 0 Å². The van der Waals surface area contributed by atoms with Crippen LogP contribution < -0.4 is 15.2 Å². The van der Waals surface area contributed by atoms with Crippen LogP contribution in [-0.2, 0) is 0 Å². The number of hydrogen-bond acceptors (Lipinski definition) is 6. The molecular weight excluding hydrogens is 364 g/mol. The third kappa shape index (κ3) is 4.03. The molecule has 0 fully saturated rings. The van der Waals surface area contributed by atoms with E-state index < -0.39 is 5.97 Å². The molecule has 0 aliphatic rings. The lowest BCUT2D eigenvalue weighted by Crippen LogP contribution is -2.02. The Bertz CT molecular complexity index is 968. The molecule has 3 aromatic rings. The average molecular weight is 384 g/mol. The second-order valence-electron chi connectivity index (χ2n) is 5.67. The predicted octanol–water partition coefficient (Wildman–Crippen LogP) is 4.55. The van der Waals surface area contributed by atoms with Gasteiger partial charge in [-0.2, -0.15) is 0 Å². The average Bonchev–Trinajstić information content (AvgIpc) is 3.14. The minimum atomic E-state index is -1.06. The van der Waals surface area contributed by atoms with Crippen LogP contribution in [0.2, 0.25) is 0 Å². The molecule has 1 heterocycles. The summed E-state index contributed by atoms with van der Waals surface area (Å²) in [5, 5.41) is 11.9. The SMILES string of the molecule is CCOc1ccc(-c2nc(-c3ccc(N)c(C(=O)O)c3)cs2)cc1OCC. The highest BCUT2D eigenvalue weighted by Crippen LogP contribution is 2.36. The Hall–Kier alpha value is -3.06. The van der Waals surface area contributed by atoms with E-state index in [4.69, 9.17) is 15.2 Å². The number of carbonyl (C=O) groups is 1. The molecule has 0 radical (unpaired) electrons. The van der Waals surface area contributed by atoms with E-state index in [1.807, 2.05) is 37.4 Å². The zero-order valence-electron chi connectivity index (χ0n) is 15.1. The van der Waals surface area contributed by atoms with Gasteiger partial charge in [0.15, 0.2) is 11.5 Å². The molecule has 3 N–H and O–H groups in total. The highest BCUT2D eigenvalue weighted by Gasteiger charge is 2.14. The number of carboxylic acid groups (broad SMARTS) is 1. The summed E-state index contributed by atoms with van der Waals surface area (Å²) in [5.41, 5.74) is 8.34. The Morgan fingerprint density at radius 2 is 1.78 bits per heavy atom. The van der Waals surface area contributed by atoms with Crippen LogP contribution in [0.3, 0.4) is 0 Å². The van der Waals surface area contributed by atoms with Gasteiger partial charge in [0.1, 0.15) is 5.01 Å². The summed E-state index contributed by atoms with van der Waals surface area (Å²) in [6.45, 7) is 4.94. The molecule has 3 rings (SSSR count). The summed E-state index contributed by atoms with van der Waals surface area (Å²) < 4.78 is 11.3. The van der Waals surface area contributed by atoms with Gasteiger partial charge in [-0.15, -0.1) is 11.3 Å². The molecule has 0 aliphatic carbocycles. The molecule has 0 aliphatic heterocycles. The molecule has 0 bridgehead atoms. The Kier molecular flexibility index (Phi) is 5.61. The second kappa shape index (κ2) is 8.09. The molecule has 140 valence electrons. The van der Waals surface area contributed by atoms with Gasteiger partial charge in [-0.05, 0) is 44.2 Å². The molecule has 0 amide bonds. The lowest BCUT2D eigenvalue weighted by molar-refractivity contribution is 0.0698. The highest BCUT2D eigenvalue weighted by molar-refractivity contribution is 7.13. The summed E-state index contributed by atoms with van der Waals surface area (Å²) in [6, 6.07) is 10.6. The van der Waals surface area contributed by atoms with Gasteiger partial charge >= 0.3 is 5.97 Å². The Balaban J connectivity index is 1.95. The van der Waals surface area contributed by atoms with Gasteiger partial charge in [0, 0.05) is 22.2 Å². The first-order chi connectivity index (χ1) is 13.0. The monoisotopic (exact) mass is 384 g/mol. The molecule has 0 atom stereocenters. The third-order valence-corrected chi connectivity index (χ3v) is 4.77. The minimum absolute atomic E-state index is 0.0711. The van der Waals surface area contributed by atoms with Crippen LogP contribution >= 0.6 is 11.3 Å². The summed E-state index contributed by atoms with van der Waals surface area (Å²) in [6.07, 6.45) is 0. The molecule has 2 aromatic carbocycles. The number of anilines is 1. The summed E-state index contributed by atoms with van der Waals surface area (Å²) >= 11 is 1.48. The van der Waals surface area contributed by atoms with E-state index in [9.17, 15) is 9.90 Å².